The Morgan fingerprint density at radius 2 is 2.06 bits per heavy atom. The van der Waals surface area contributed by atoms with Crippen molar-refractivity contribution in [1.82, 2.24) is 0 Å². The SMILES string of the molecule is CC(C)(C)COc1ccc(C(=O)O)cc1I. The van der Waals surface area contributed by atoms with Crippen LogP contribution in [0.2, 0.25) is 0 Å². The molecular formula is C12H15IO3. The summed E-state index contributed by atoms with van der Waals surface area (Å²) < 4.78 is 6.46. The van der Waals surface area contributed by atoms with Gasteiger partial charge in [-0.15, -0.1) is 0 Å². The first kappa shape index (κ1) is 13.3. The molecule has 3 nitrogen and oxygen atoms in total. The van der Waals surface area contributed by atoms with Crippen molar-refractivity contribution >= 4 is 28.6 Å². The molecule has 0 atom stereocenters. The lowest BCUT2D eigenvalue weighted by molar-refractivity contribution is 0.0696. The predicted octanol–water partition coefficient (Wildman–Crippen LogP) is 3.41. The van der Waals surface area contributed by atoms with Crippen LogP contribution >= 0.6 is 22.6 Å². The molecule has 0 radical (unpaired) electrons. The number of carboxylic acids is 1. The topological polar surface area (TPSA) is 46.5 Å². The second-order valence-electron chi connectivity index (χ2n) is 4.80. The number of ether oxygens (including phenoxy) is 1. The molecule has 0 amide bonds. The van der Waals surface area contributed by atoms with Gasteiger partial charge in [-0.1, -0.05) is 20.8 Å². The average molecular weight is 334 g/mol. The number of rotatable bonds is 3. The minimum Gasteiger partial charge on any atom is -0.492 e. The Morgan fingerprint density at radius 3 is 2.50 bits per heavy atom. The molecule has 1 N–H and O–H groups in total. The Morgan fingerprint density at radius 1 is 1.44 bits per heavy atom. The Bertz CT molecular complexity index is 394. The summed E-state index contributed by atoms with van der Waals surface area (Å²) in [5, 5.41) is 8.82. The third-order valence-corrected chi connectivity index (χ3v) is 2.68. The molecule has 0 aromatic heterocycles. The lowest BCUT2D eigenvalue weighted by Crippen LogP contribution is -2.17. The molecule has 1 aromatic rings. The third kappa shape index (κ3) is 4.00. The molecule has 88 valence electrons. The van der Waals surface area contributed by atoms with E-state index in [1.807, 2.05) is 0 Å². The van der Waals surface area contributed by atoms with E-state index in [0.717, 1.165) is 9.32 Å². The van der Waals surface area contributed by atoms with Crippen molar-refractivity contribution in [3.63, 3.8) is 0 Å². The summed E-state index contributed by atoms with van der Waals surface area (Å²) in [6.45, 7) is 6.87. The second kappa shape index (κ2) is 5.03. The quantitative estimate of drug-likeness (QED) is 0.862. The Hall–Kier alpha value is -0.780. The van der Waals surface area contributed by atoms with E-state index in [0.29, 0.717) is 6.61 Å². The number of hydrogen-bond donors (Lipinski definition) is 1. The van der Waals surface area contributed by atoms with E-state index in [4.69, 9.17) is 9.84 Å². The molecule has 0 saturated carbocycles. The van der Waals surface area contributed by atoms with Crippen LogP contribution in [0.3, 0.4) is 0 Å². The molecule has 0 unspecified atom stereocenters. The number of halogens is 1. The van der Waals surface area contributed by atoms with Crippen molar-refractivity contribution < 1.29 is 14.6 Å². The molecule has 0 fully saturated rings. The van der Waals surface area contributed by atoms with Crippen LogP contribution < -0.4 is 4.74 Å². The summed E-state index contributed by atoms with van der Waals surface area (Å²) in [6, 6.07) is 4.88. The number of carbonyl (C=O) groups is 1. The van der Waals surface area contributed by atoms with Crippen LogP contribution in [0.5, 0.6) is 5.75 Å². The van der Waals surface area contributed by atoms with Crippen molar-refractivity contribution in [1.29, 1.82) is 0 Å². The number of aromatic carboxylic acids is 1. The van der Waals surface area contributed by atoms with Gasteiger partial charge in [0.05, 0.1) is 15.7 Å². The standard InChI is InChI=1S/C12H15IO3/c1-12(2,3)7-16-10-5-4-8(11(14)15)6-9(10)13/h4-6H,7H2,1-3H3,(H,14,15). The largest absolute Gasteiger partial charge is 0.492 e. The van der Waals surface area contributed by atoms with Gasteiger partial charge in [0.15, 0.2) is 0 Å². The van der Waals surface area contributed by atoms with E-state index in [2.05, 4.69) is 43.4 Å². The lowest BCUT2D eigenvalue weighted by Gasteiger charge is -2.19. The molecule has 0 bridgehead atoms. The van der Waals surface area contributed by atoms with E-state index in [1.165, 1.54) is 0 Å². The molecule has 0 aliphatic carbocycles. The van der Waals surface area contributed by atoms with Gasteiger partial charge >= 0.3 is 5.97 Å². The van der Waals surface area contributed by atoms with Gasteiger partial charge in [0.2, 0.25) is 0 Å². The fourth-order valence-corrected chi connectivity index (χ4v) is 1.72. The van der Waals surface area contributed by atoms with Gasteiger partial charge in [-0.3, -0.25) is 0 Å². The van der Waals surface area contributed by atoms with Crippen molar-refractivity contribution in [2.45, 2.75) is 20.8 Å². The maximum atomic E-state index is 10.7. The van der Waals surface area contributed by atoms with Crippen LogP contribution in [0.25, 0.3) is 0 Å². The maximum absolute atomic E-state index is 10.7. The van der Waals surface area contributed by atoms with Crippen LogP contribution in [0.4, 0.5) is 0 Å². The molecule has 0 spiro atoms. The molecule has 0 aliphatic rings. The zero-order chi connectivity index (χ0) is 12.3. The Labute approximate surface area is 109 Å². The monoisotopic (exact) mass is 334 g/mol. The molecule has 0 heterocycles. The number of hydrogen-bond acceptors (Lipinski definition) is 2. The predicted molar refractivity (Wildman–Crippen MR) is 71.1 cm³/mol. The third-order valence-electron chi connectivity index (χ3n) is 1.84. The summed E-state index contributed by atoms with van der Waals surface area (Å²) in [7, 11) is 0. The average Bonchev–Trinajstić information content (AvgIpc) is 2.14. The minimum atomic E-state index is -0.916. The van der Waals surface area contributed by atoms with Crippen LogP contribution in [0.1, 0.15) is 31.1 Å². The lowest BCUT2D eigenvalue weighted by atomic mass is 9.99. The molecule has 1 rings (SSSR count). The van der Waals surface area contributed by atoms with Gasteiger partial charge in [-0.25, -0.2) is 4.79 Å². The number of carboxylic acid groups (broad SMARTS) is 1. The van der Waals surface area contributed by atoms with E-state index in [-0.39, 0.29) is 11.0 Å². The normalized spacial score (nSPS) is 11.2. The maximum Gasteiger partial charge on any atom is 0.335 e. The summed E-state index contributed by atoms with van der Waals surface area (Å²) in [4.78, 5) is 10.7. The zero-order valence-corrected chi connectivity index (χ0v) is 11.7. The molecule has 4 heteroatoms. The van der Waals surface area contributed by atoms with Gasteiger partial charge in [-0.05, 0) is 46.2 Å². The number of benzene rings is 1. The first-order chi connectivity index (χ1) is 7.29. The first-order valence-electron chi connectivity index (χ1n) is 4.95. The molecule has 1 aromatic carbocycles. The second-order valence-corrected chi connectivity index (χ2v) is 5.96. The van der Waals surface area contributed by atoms with Crippen LogP contribution in [-0.4, -0.2) is 17.7 Å². The van der Waals surface area contributed by atoms with Gasteiger partial charge in [0, 0.05) is 0 Å². The van der Waals surface area contributed by atoms with Crippen molar-refractivity contribution in [2.24, 2.45) is 5.41 Å². The fourth-order valence-electron chi connectivity index (χ4n) is 1.05. The molecule has 16 heavy (non-hydrogen) atoms. The Balaban J connectivity index is 2.80. The van der Waals surface area contributed by atoms with Crippen LogP contribution in [-0.2, 0) is 0 Å². The summed E-state index contributed by atoms with van der Waals surface area (Å²) in [6.07, 6.45) is 0. The summed E-state index contributed by atoms with van der Waals surface area (Å²) in [5.74, 6) is -0.180. The van der Waals surface area contributed by atoms with Gasteiger partial charge in [0.25, 0.3) is 0 Å². The highest BCUT2D eigenvalue weighted by Crippen LogP contribution is 2.24. The highest BCUT2D eigenvalue weighted by Gasteiger charge is 2.13. The molecule has 0 aliphatic heterocycles. The molecule has 0 saturated heterocycles. The van der Waals surface area contributed by atoms with Crippen molar-refractivity contribution in [3.05, 3.63) is 27.3 Å². The van der Waals surface area contributed by atoms with Crippen LogP contribution in [0, 0.1) is 8.99 Å². The summed E-state index contributed by atoms with van der Waals surface area (Å²) in [5.41, 5.74) is 0.377. The van der Waals surface area contributed by atoms with E-state index < -0.39 is 5.97 Å². The van der Waals surface area contributed by atoms with E-state index in [9.17, 15) is 4.79 Å². The Kier molecular flexibility index (Phi) is 4.18. The van der Waals surface area contributed by atoms with E-state index >= 15 is 0 Å². The zero-order valence-electron chi connectivity index (χ0n) is 9.58. The van der Waals surface area contributed by atoms with Gasteiger partial charge in [-0.2, -0.15) is 0 Å². The van der Waals surface area contributed by atoms with Crippen molar-refractivity contribution in [3.8, 4) is 5.75 Å². The molecular weight excluding hydrogens is 319 g/mol. The summed E-state index contributed by atoms with van der Waals surface area (Å²) >= 11 is 2.08. The van der Waals surface area contributed by atoms with Crippen molar-refractivity contribution in [2.75, 3.05) is 6.61 Å². The highest BCUT2D eigenvalue weighted by atomic mass is 127. The van der Waals surface area contributed by atoms with Crippen LogP contribution in [0.15, 0.2) is 18.2 Å². The fraction of sp³-hybridized carbons (Fsp3) is 0.417. The first-order valence-corrected chi connectivity index (χ1v) is 6.03. The minimum absolute atomic E-state index is 0.0918. The highest BCUT2D eigenvalue weighted by molar-refractivity contribution is 14.1. The van der Waals surface area contributed by atoms with E-state index in [1.54, 1.807) is 18.2 Å². The smallest absolute Gasteiger partial charge is 0.335 e. The van der Waals surface area contributed by atoms with Gasteiger partial charge in [0.1, 0.15) is 5.75 Å². The van der Waals surface area contributed by atoms with Gasteiger partial charge < -0.3 is 9.84 Å².